The fourth-order valence-electron chi connectivity index (χ4n) is 3.68. The molecule has 0 unspecified atom stereocenters. The van der Waals surface area contributed by atoms with Crippen LogP contribution in [-0.4, -0.2) is 30.9 Å². The molecule has 1 heterocycles. The topological polar surface area (TPSA) is 75.7 Å². The second-order valence-electron chi connectivity index (χ2n) is 7.32. The van der Waals surface area contributed by atoms with E-state index in [-0.39, 0.29) is 18.9 Å². The maximum absolute atomic E-state index is 12.7. The summed E-state index contributed by atoms with van der Waals surface area (Å²) in [5.74, 6) is -1.85. The van der Waals surface area contributed by atoms with E-state index in [1.165, 1.54) is 6.07 Å². The first kappa shape index (κ1) is 23.1. The van der Waals surface area contributed by atoms with E-state index < -0.39 is 24.4 Å². The van der Waals surface area contributed by atoms with Gasteiger partial charge in [0.05, 0.1) is 16.6 Å². The maximum atomic E-state index is 12.7. The summed E-state index contributed by atoms with van der Waals surface area (Å²) in [5, 5.41) is 3.30. The molecule has 0 radical (unpaired) electrons. The molecular formula is C23H24Cl2N2O4. The third-order valence-corrected chi connectivity index (χ3v) is 5.81. The minimum Gasteiger partial charge on any atom is -0.455 e. The first-order valence-electron chi connectivity index (χ1n) is 10.2. The quantitative estimate of drug-likeness (QED) is 0.607. The summed E-state index contributed by atoms with van der Waals surface area (Å²) in [4.78, 5) is 39.0. The van der Waals surface area contributed by atoms with Gasteiger partial charge in [-0.15, -0.1) is 0 Å². The number of hydrogen-bond donors (Lipinski definition) is 1. The molecule has 6 nitrogen and oxygen atoms in total. The summed E-state index contributed by atoms with van der Waals surface area (Å²) in [6, 6.07) is 10.6. The number of nitrogens with one attached hydrogen (secondary N) is 1. The van der Waals surface area contributed by atoms with Gasteiger partial charge in [-0.25, -0.2) is 0 Å². The zero-order chi connectivity index (χ0) is 22.5. The van der Waals surface area contributed by atoms with Crippen molar-refractivity contribution >= 4 is 52.4 Å². The number of halogens is 2. The lowest BCUT2D eigenvalue weighted by molar-refractivity contribution is -0.151. The van der Waals surface area contributed by atoms with E-state index >= 15 is 0 Å². The first-order valence-corrected chi connectivity index (χ1v) is 10.9. The predicted octanol–water partition coefficient (Wildman–Crippen LogP) is 4.65. The molecule has 0 bridgehead atoms. The number of hydrogen-bond acceptors (Lipinski definition) is 4. The Kier molecular flexibility index (Phi) is 7.57. The highest BCUT2D eigenvalue weighted by Gasteiger charge is 2.37. The average molecular weight is 463 g/mol. The van der Waals surface area contributed by atoms with Crippen molar-refractivity contribution in [3.05, 3.63) is 57.6 Å². The van der Waals surface area contributed by atoms with Crippen LogP contribution in [0.15, 0.2) is 36.4 Å². The molecule has 2 aromatic carbocycles. The third kappa shape index (κ3) is 5.38. The monoisotopic (exact) mass is 462 g/mol. The molecule has 8 heteroatoms. The lowest BCUT2D eigenvalue weighted by atomic mass is 10.0. The largest absolute Gasteiger partial charge is 0.455 e. The number of para-hydroxylation sites is 1. The van der Waals surface area contributed by atoms with Gasteiger partial charge < -0.3 is 15.0 Å². The Morgan fingerprint density at radius 1 is 1.13 bits per heavy atom. The zero-order valence-corrected chi connectivity index (χ0v) is 18.9. The van der Waals surface area contributed by atoms with Gasteiger partial charge in [0.1, 0.15) is 0 Å². The summed E-state index contributed by atoms with van der Waals surface area (Å²) in [6.07, 6.45) is 1.63. The predicted molar refractivity (Wildman–Crippen MR) is 122 cm³/mol. The molecule has 31 heavy (non-hydrogen) atoms. The number of rotatable bonds is 7. The van der Waals surface area contributed by atoms with Crippen LogP contribution in [-0.2, 0) is 32.0 Å². The van der Waals surface area contributed by atoms with Crippen LogP contribution in [0.5, 0.6) is 0 Å². The van der Waals surface area contributed by atoms with Crippen molar-refractivity contribution in [2.75, 3.05) is 23.4 Å². The highest BCUT2D eigenvalue weighted by molar-refractivity contribution is 6.35. The molecule has 1 aliphatic rings. The van der Waals surface area contributed by atoms with Gasteiger partial charge in [-0.1, -0.05) is 55.2 Å². The molecule has 1 fully saturated rings. The molecule has 0 saturated carbocycles. The van der Waals surface area contributed by atoms with Crippen LogP contribution in [0.3, 0.4) is 0 Å². The van der Waals surface area contributed by atoms with Gasteiger partial charge in [-0.05, 0) is 42.2 Å². The molecule has 0 aromatic heterocycles. The summed E-state index contributed by atoms with van der Waals surface area (Å²) in [7, 11) is 0. The smallest absolute Gasteiger partial charge is 0.311 e. The summed E-state index contributed by atoms with van der Waals surface area (Å²) < 4.78 is 5.17. The van der Waals surface area contributed by atoms with Crippen molar-refractivity contribution in [2.24, 2.45) is 5.92 Å². The van der Waals surface area contributed by atoms with Crippen molar-refractivity contribution in [1.29, 1.82) is 0 Å². The fourth-order valence-corrected chi connectivity index (χ4v) is 4.01. The Hall–Kier alpha value is -2.57. The number of ether oxygens (including phenoxy) is 1. The van der Waals surface area contributed by atoms with Crippen LogP contribution < -0.4 is 10.2 Å². The number of anilines is 2. The first-order chi connectivity index (χ1) is 14.8. The molecule has 3 rings (SSSR count). The van der Waals surface area contributed by atoms with Crippen molar-refractivity contribution in [3.63, 3.8) is 0 Å². The Labute approximate surface area is 191 Å². The SMILES string of the molecule is CCc1cccc(CC)c1N1C[C@@H](C(=O)OCC(=O)Nc2cc(Cl)ccc2Cl)CC1=O. The zero-order valence-electron chi connectivity index (χ0n) is 17.4. The standard InChI is InChI=1S/C23H24Cl2N2O4/c1-3-14-6-5-7-15(4-2)22(14)27-12-16(10-21(27)29)23(30)31-13-20(28)26-19-11-17(24)8-9-18(19)25/h5-9,11,16H,3-4,10,12-13H2,1-2H3,(H,26,28)/t16-/m0/s1. The molecule has 1 N–H and O–H groups in total. The van der Waals surface area contributed by atoms with Crippen molar-refractivity contribution in [3.8, 4) is 0 Å². The van der Waals surface area contributed by atoms with E-state index in [0.29, 0.717) is 15.7 Å². The van der Waals surface area contributed by atoms with E-state index in [1.54, 1.807) is 17.0 Å². The number of nitrogens with zero attached hydrogens (tertiary/aromatic N) is 1. The summed E-state index contributed by atoms with van der Waals surface area (Å²) in [6.45, 7) is 3.84. The molecule has 0 aliphatic carbocycles. The number of carbonyl (C=O) groups is 3. The second kappa shape index (κ2) is 10.2. The molecule has 2 aromatic rings. The van der Waals surface area contributed by atoms with Crippen molar-refractivity contribution in [2.45, 2.75) is 33.1 Å². The van der Waals surface area contributed by atoms with Gasteiger partial charge in [0.2, 0.25) is 5.91 Å². The Balaban J connectivity index is 1.62. The normalized spacial score (nSPS) is 15.8. The highest BCUT2D eigenvalue weighted by Crippen LogP contribution is 2.33. The third-order valence-electron chi connectivity index (χ3n) is 5.24. The Bertz CT molecular complexity index is 987. The molecular weight excluding hydrogens is 439 g/mol. The minimum absolute atomic E-state index is 0.0573. The van der Waals surface area contributed by atoms with Crippen LogP contribution in [0.4, 0.5) is 11.4 Å². The van der Waals surface area contributed by atoms with Crippen LogP contribution in [0.25, 0.3) is 0 Å². The van der Waals surface area contributed by atoms with E-state index in [4.69, 9.17) is 27.9 Å². The van der Waals surface area contributed by atoms with Gasteiger partial charge in [0, 0.05) is 23.7 Å². The van der Waals surface area contributed by atoms with Crippen molar-refractivity contribution < 1.29 is 19.1 Å². The number of esters is 1. The number of benzene rings is 2. The van der Waals surface area contributed by atoms with Gasteiger partial charge >= 0.3 is 5.97 Å². The van der Waals surface area contributed by atoms with Crippen LogP contribution >= 0.6 is 23.2 Å². The minimum atomic E-state index is -0.621. The average Bonchev–Trinajstić information content (AvgIpc) is 3.15. The highest BCUT2D eigenvalue weighted by atomic mass is 35.5. The number of aryl methyl sites for hydroxylation is 2. The molecule has 164 valence electrons. The molecule has 1 atom stereocenters. The lowest BCUT2D eigenvalue weighted by Crippen LogP contribution is -2.29. The summed E-state index contributed by atoms with van der Waals surface area (Å²) in [5.41, 5.74) is 3.36. The van der Waals surface area contributed by atoms with Crippen molar-refractivity contribution in [1.82, 2.24) is 0 Å². The van der Waals surface area contributed by atoms with Gasteiger partial charge in [-0.2, -0.15) is 0 Å². The molecule has 0 spiro atoms. The van der Waals surface area contributed by atoms with Gasteiger partial charge in [0.15, 0.2) is 6.61 Å². The van der Waals surface area contributed by atoms with E-state index in [1.807, 2.05) is 32.0 Å². The molecule has 1 aliphatic heterocycles. The van der Waals surface area contributed by atoms with E-state index in [9.17, 15) is 14.4 Å². The van der Waals surface area contributed by atoms with E-state index in [2.05, 4.69) is 5.32 Å². The van der Waals surface area contributed by atoms with Crippen LogP contribution in [0.1, 0.15) is 31.4 Å². The number of amides is 2. The molecule has 2 amide bonds. The fraction of sp³-hybridized carbons (Fsp3) is 0.348. The second-order valence-corrected chi connectivity index (χ2v) is 8.16. The van der Waals surface area contributed by atoms with E-state index in [0.717, 1.165) is 29.7 Å². The van der Waals surface area contributed by atoms with Crippen LogP contribution in [0, 0.1) is 5.92 Å². The van der Waals surface area contributed by atoms with Crippen LogP contribution in [0.2, 0.25) is 10.0 Å². The van der Waals surface area contributed by atoms with Gasteiger partial charge in [0.25, 0.3) is 5.91 Å². The van der Waals surface area contributed by atoms with Gasteiger partial charge in [-0.3, -0.25) is 14.4 Å². The summed E-state index contributed by atoms with van der Waals surface area (Å²) >= 11 is 11.9. The lowest BCUT2D eigenvalue weighted by Gasteiger charge is -2.23. The number of carbonyl (C=O) groups excluding carboxylic acids is 3. The molecule has 1 saturated heterocycles. The maximum Gasteiger partial charge on any atom is 0.311 e. The Morgan fingerprint density at radius 2 is 1.81 bits per heavy atom. The Morgan fingerprint density at radius 3 is 2.45 bits per heavy atom.